The first kappa shape index (κ1) is 10.9. The molecule has 1 heterocycles. The largest absolute Gasteiger partial charge is 0.434 e. The number of halogens is 2. The molecule has 0 amide bonds. The molecule has 1 aromatic heterocycles. The van der Waals surface area contributed by atoms with Gasteiger partial charge in [-0.3, -0.25) is 0 Å². The molecule has 0 aliphatic carbocycles. The van der Waals surface area contributed by atoms with Crippen LogP contribution in [-0.4, -0.2) is 4.98 Å². The maximum atomic E-state index is 13.4. The number of aromatic nitrogens is 1. The molecule has 0 aliphatic rings. The van der Waals surface area contributed by atoms with Crippen LogP contribution >= 0.6 is 15.9 Å². The van der Waals surface area contributed by atoms with Gasteiger partial charge in [0.05, 0.1) is 5.69 Å². The highest BCUT2D eigenvalue weighted by Crippen LogP contribution is 2.28. The Morgan fingerprint density at radius 2 is 2.12 bits per heavy atom. The van der Waals surface area contributed by atoms with Crippen molar-refractivity contribution in [3.63, 3.8) is 0 Å². The van der Waals surface area contributed by atoms with Crippen molar-refractivity contribution < 1.29 is 9.13 Å². The van der Waals surface area contributed by atoms with Gasteiger partial charge >= 0.3 is 0 Å². The van der Waals surface area contributed by atoms with E-state index >= 15 is 0 Å². The van der Waals surface area contributed by atoms with E-state index in [0.29, 0.717) is 5.69 Å². The van der Waals surface area contributed by atoms with E-state index in [9.17, 15) is 4.39 Å². The number of rotatable bonds is 2. The van der Waals surface area contributed by atoms with Crippen LogP contribution in [0.3, 0.4) is 0 Å². The number of nitrogen functional groups attached to an aromatic ring is 1. The summed E-state index contributed by atoms with van der Waals surface area (Å²) in [4.78, 5) is 3.92. The van der Waals surface area contributed by atoms with Gasteiger partial charge in [0.2, 0.25) is 5.88 Å². The zero-order valence-corrected chi connectivity index (χ0v) is 9.74. The molecule has 2 N–H and O–H groups in total. The monoisotopic (exact) mass is 282 g/mol. The van der Waals surface area contributed by atoms with Crippen molar-refractivity contribution in [2.75, 3.05) is 5.73 Å². The van der Waals surface area contributed by atoms with Crippen molar-refractivity contribution in [1.82, 2.24) is 4.98 Å². The third-order valence-corrected chi connectivity index (χ3v) is 2.39. The molecule has 2 aromatic rings. The van der Waals surface area contributed by atoms with Crippen LogP contribution in [-0.2, 0) is 0 Å². The third kappa shape index (κ3) is 2.30. The average molecular weight is 283 g/mol. The number of nitrogens with zero attached hydrogens (tertiary/aromatic N) is 1. The van der Waals surface area contributed by atoms with Crippen LogP contribution in [0.1, 0.15) is 0 Å². The lowest BCUT2D eigenvalue weighted by Gasteiger charge is -2.07. The van der Waals surface area contributed by atoms with Gasteiger partial charge in [-0.1, -0.05) is 15.9 Å². The summed E-state index contributed by atoms with van der Waals surface area (Å²) in [5.74, 6) is -0.187. The Morgan fingerprint density at radius 3 is 2.88 bits per heavy atom. The molecule has 16 heavy (non-hydrogen) atoms. The standard InChI is InChI=1S/C11H8BrFN2O/c12-7-3-4-8(13)10(6-7)16-11-9(14)2-1-5-15-11/h1-6H,14H2. The fraction of sp³-hybridized carbons (Fsp3) is 0. The van der Waals surface area contributed by atoms with Crippen molar-refractivity contribution in [3.05, 3.63) is 46.8 Å². The van der Waals surface area contributed by atoms with Crippen molar-refractivity contribution in [1.29, 1.82) is 0 Å². The third-order valence-electron chi connectivity index (χ3n) is 1.90. The summed E-state index contributed by atoms with van der Waals surface area (Å²) in [5.41, 5.74) is 6.00. The number of hydrogen-bond acceptors (Lipinski definition) is 3. The second-order valence-corrected chi connectivity index (χ2v) is 3.99. The van der Waals surface area contributed by atoms with Gasteiger partial charge < -0.3 is 10.5 Å². The molecule has 3 nitrogen and oxygen atoms in total. The minimum atomic E-state index is -0.465. The van der Waals surface area contributed by atoms with E-state index in [1.807, 2.05) is 0 Å². The van der Waals surface area contributed by atoms with Gasteiger partial charge in [0.15, 0.2) is 11.6 Å². The quantitative estimate of drug-likeness (QED) is 0.919. The lowest BCUT2D eigenvalue weighted by Crippen LogP contribution is -1.95. The molecule has 0 atom stereocenters. The number of pyridine rings is 1. The van der Waals surface area contributed by atoms with Crippen molar-refractivity contribution in [3.8, 4) is 11.6 Å². The van der Waals surface area contributed by atoms with Gasteiger partial charge in [-0.15, -0.1) is 0 Å². The van der Waals surface area contributed by atoms with E-state index < -0.39 is 5.82 Å². The van der Waals surface area contributed by atoms with Crippen LogP contribution in [0, 0.1) is 5.82 Å². The first-order valence-electron chi connectivity index (χ1n) is 4.50. The Bertz CT molecular complexity index is 519. The maximum absolute atomic E-state index is 13.4. The zero-order valence-electron chi connectivity index (χ0n) is 8.15. The predicted octanol–water partition coefficient (Wildman–Crippen LogP) is 3.36. The Hall–Kier alpha value is -1.62. The lowest BCUT2D eigenvalue weighted by atomic mass is 10.3. The topological polar surface area (TPSA) is 48.1 Å². The summed E-state index contributed by atoms with van der Waals surface area (Å²) >= 11 is 3.23. The molecule has 0 spiro atoms. The second kappa shape index (κ2) is 4.49. The first-order valence-corrected chi connectivity index (χ1v) is 5.29. The van der Waals surface area contributed by atoms with E-state index in [0.717, 1.165) is 4.47 Å². The molecule has 1 aromatic carbocycles. The van der Waals surface area contributed by atoms with Gasteiger partial charge in [0, 0.05) is 10.7 Å². The number of benzene rings is 1. The highest BCUT2D eigenvalue weighted by molar-refractivity contribution is 9.10. The average Bonchev–Trinajstić information content (AvgIpc) is 2.27. The number of nitrogens with two attached hydrogens (primary N) is 1. The lowest BCUT2D eigenvalue weighted by molar-refractivity contribution is 0.429. The van der Waals surface area contributed by atoms with Crippen LogP contribution in [0.2, 0.25) is 0 Å². The normalized spacial score (nSPS) is 10.1. The molecule has 0 saturated heterocycles. The molecule has 0 unspecified atom stereocenters. The van der Waals surface area contributed by atoms with Crippen molar-refractivity contribution in [2.45, 2.75) is 0 Å². The molecule has 0 aliphatic heterocycles. The van der Waals surface area contributed by atoms with Crippen molar-refractivity contribution >= 4 is 21.6 Å². The van der Waals surface area contributed by atoms with Crippen LogP contribution in [0.5, 0.6) is 11.6 Å². The Morgan fingerprint density at radius 1 is 1.31 bits per heavy atom. The van der Waals surface area contributed by atoms with Crippen LogP contribution in [0.25, 0.3) is 0 Å². The van der Waals surface area contributed by atoms with Gasteiger partial charge in [-0.25, -0.2) is 9.37 Å². The second-order valence-electron chi connectivity index (χ2n) is 3.07. The predicted molar refractivity (Wildman–Crippen MR) is 62.8 cm³/mol. The smallest absolute Gasteiger partial charge is 0.242 e. The fourth-order valence-electron chi connectivity index (χ4n) is 1.15. The van der Waals surface area contributed by atoms with Gasteiger partial charge in [-0.2, -0.15) is 0 Å². The summed E-state index contributed by atoms with van der Waals surface area (Å²) < 4.78 is 19.4. The highest BCUT2D eigenvalue weighted by atomic mass is 79.9. The molecule has 0 fully saturated rings. The van der Waals surface area contributed by atoms with Crippen LogP contribution in [0.15, 0.2) is 41.0 Å². The molecular formula is C11H8BrFN2O. The summed E-state index contributed by atoms with van der Waals surface area (Å²) in [6, 6.07) is 7.73. The van der Waals surface area contributed by atoms with Gasteiger partial charge in [-0.05, 0) is 30.3 Å². The maximum Gasteiger partial charge on any atom is 0.242 e. The molecule has 0 saturated carbocycles. The molecule has 82 valence electrons. The highest BCUT2D eigenvalue weighted by Gasteiger charge is 2.08. The van der Waals surface area contributed by atoms with Crippen LogP contribution < -0.4 is 10.5 Å². The van der Waals surface area contributed by atoms with Crippen LogP contribution in [0.4, 0.5) is 10.1 Å². The minimum Gasteiger partial charge on any atom is -0.434 e. The SMILES string of the molecule is Nc1cccnc1Oc1cc(Br)ccc1F. The van der Waals surface area contributed by atoms with E-state index in [-0.39, 0.29) is 11.6 Å². The number of anilines is 1. The number of hydrogen-bond donors (Lipinski definition) is 1. The molecule has 0 bridgehead atoms. The summed E-state index contributed by atoms with van der Waals surface area (Å²) in [6.07, 6.45) is 1.53. The minimum absolute atomic E-state index is 0.0831. The Balaban J connectivity index is 2.34. The van der Waals surface area contributed by atoms with Gasteiger partial charge in [0.1, 0.15) is 0 Å². The Kier molecular flexibility index (Phi) is 3.05. The molecule has 0 radical (unpaired) electrons. The summed E-state index contributed by atoms with van der Waals surface area (Å²) in [5, 5.41) is 0. The zero-order chi connectivity index (χ0) is 11.5. The van der Waals surface area contributed by atoms with E-state index in [4.69, 9.17) is 10.5 Å². The molecular weight excluding hydrogens is 275 g/mol. The van der Waals surface area contributed by atoms with E-state index in [1.165, 1.54) is 18.3 Å². The van der Waals surface area contributed by atoms with Gasteiger partial charge in [0.25, 0.3) is 0 Å². The summed E-state index contributed by atoms with van der Waals surface area (Å²) in [7, 11) is 0. The first-order chi connectivity index (χ1) is 7.66. The van der Waals surface area contributed by atoms with E-state index in [2.05, 4.69) is 20.9 Å². The van der Waals surface area contributed by atoms with E-state index in [1.54, 1.807) is 18.2 Å². The number of ether oxygens (including phenoxy) is 1. The summed E-state index contributed by atoms with van der Waals surface area (Å²) in [6.45, 7) is 0. The molecule has 5 heteroatoms. The van der Waals surface area contributed by atoms with Crippen molar-refractivity contribution in [2.24, 2.45) is 0 Å². The molecule has 2 rings (SSSR count). The Labute approximate surface area is 100 Å². The fourth-order valence-corrected chi connectivity index (χ4v) is 1.49.